The van der Waals surface area contributed by atoms with Gasteiger partial charge in [-0.1, -0.05) is 13.8 Å². The van der Waals surface area contributed by atoms with Crippen LogP contribution in [0.2, 0.25) is 0 Å². The molecule has 0 saturated heterocycles. The molecule has 2 rings (SSSR count). The van der Waals surface area contributed by atoms with E-state index in [0.29, 0.717) is 10.1 Å². The molecule has 10 nitrogen and oxygen atoms in total. The van der Waals surface area contributed by atoms with Gasteiger partial charge in [0.1, 0.15) is 11.8 Å². The molecule has 0 fully saturated rings. The standard InChI is InChI=1S/C21H24N2O8S/c1-14(2)12-19(21(25)26)22(13-20(24)15-4-8-17(31-3)9-5-15)32(29,30)18-10-6-16(7-11-18)23(27)28/h4-11,14,19H,12-13H2,1-3H3,(H,25,26)/t19-/m0/s1. The third-order valence-electron chi connectivity index (χ3n) is 4.69. The maximum absolute atomic E-state index is 13.3. The van der Waals surface area contributed by atoms with Crippen LogP contribution in [0.25, 0.3) is 0 Å². The smallest absolute Gasteiger partial charge is 0.322 e. The molecule has 2 aromatic carbocycles. The fourth-order valence-electron chi connectivity index (χ4n) is 3.04. The van der Waals surface area contributed by atoms with Crippen molar-refractivity contribution in [1.82, 2.24) is 4.31 Å². The number of nitro groups is 1. The number of hydrogen-bond acceptors (Lipinski definition) is 7. The second-order valence-corrected chi connectivity index (χ2v) is 9.33. The van der Waals surface area contributed by atoms with Crippen LogP contribution in [-0.4, -0.2) is 54.2 Å². The molecule has 0 aromatic heterocycles. The first-order valence-corrected chi connectivity index (χ1v) is 11.1. The van der Waals surface area contributed by atoms with Crippen LogP contribution in [0.4, 0.5) is 5.69 Å². The molecule has 0 amide bonds. The van der Waals surface area contributed by atoms with Gasteiger partial charge in [0, 0.05) is 17.7 Å². The lowest BCUT2D eigenvalue weighted by Gasteiger charge is -2.28. The molecule has 0 heterocycles. The Balaban J connectivity index is 2.49. The van der Waals surface area contributed by atoms with Crippen molar-refractivity contribution in [3.63, 3.8) is 0 Å². The van der Waals surface area contributed by atoms with E-state index in [-0.39, 0.29) is 28.5 Å². The second kappa shape index (κ2) is 10.3. The summed E-state index contributed by atoms with van der Waals surface area (Å²) in [6.45, 7) is 2.76. The number of nitro benzene ring substituents is 1. The topological polar surface area (TPSA) is 144 Å². The van der Waals surface area contributed by atoms with E-state index in [2.05, 4.69) is 0 Å². The molecule has 0 aliphatic rings. The van der Waals surface area contributed by atoms with E-state index < -0.39 is 39.3 Å². The third-order valence-corrected chi connectivity index (χ3v) is 6.56. The molecule has 0 aliphatic carbocycles. The lowest BCUT2D eigenvalue weighted by atomic mass is 10.0. The minimum absolute atomic E-state index is 0.0303. The largest absolute Gasteiger partial charge is 0.497 e. The summed E-state index contributed by atoms with van der Waals surface area (Å²) in [5, 5.41) is 20.6. The molecule has 1 N–H and O–H groups in total. The number of carbonyl (C=O) groups excluding carboxylic acids is 1. The Hall–Kier alpha value is -3.31. The van der Waals surface area contributed by atoms with Crippen LogP contribution in [0.15, 0.2) is 53.4 Å². The van der Waals surface area contributed by atoms with E-state index in [0.717, 1.165) is 24.3 Å². The van der Waals surface area contributed by atoms with Crippen LogP contribution in [0.5, 0.6) is 5.75 Å². The highest BCUT2D eigenvalue weighted by molar-refractivity contribution is 7.89. The molecule has 0 aliphatic heterocycles. The molecule has 32 heavy (non-hydrogen) atoms. The Morgan fingerprint density at radius 3 is 2.09 bits per heavy atom. The molecule has 2 aromatic rings. The minimum atomic E-state index is -4.46. The number of Topliss-reactive ketones (excluding diaryl/α,β-unsaturated/α-hetero) is 1. The summed E-state index contributed by atoms with van der Waals surface area (Å²) < 4.78 is 32.3. The maximum Gasteiger partial charge on any atom is 0.322 e. The summed E-state index contributed by atoms with van der Waals surface area (Å²) in [6.07, 6.45) is -0.0303. The Labute approximate surface area is 185 Å². The first-order valence-electron chi connectivity index (χ1n) is 9.63. The van der Waals surface area contributed by atoms with Gasteiger partial charge in [0.15, 0.2) is 5.78 Å². The number of methoxy groups -OCH3 is 1. The summed E-state index contributed by atoms with van der Waals surface area (Å²) in [7, 11) is -3.01. The van der Waals surface area contributed by atoms with Crippen LogP contribution >= 0.6 is 0 Å². The number of non-ortho nitro benzene ring substituents is 1. The number of hydrogen-bond donors (Lipinski definition) is 1. The summed E-state index contributed by atoms with van der Waals surface area (Å²) in [5.41, 5.74) is -0.134. The molecule has 1 atom stereocenters. The molecule has 0 unspecified atom stereocenters. The number of ether oxygens (including phenoxy) is 1. The number of benzene rings is 2. The third kappa shape index (κ3) is 5.89. The van der Waals surface area contributed by atoms with Crippen molar-refractivity contribution in [1.29, 1.82) is 0 Å². The Kier molecular flexibility index (Phi) is 8.06. The van der Waals surface area contributed by atoms with E-state index in [4.69, 9.17) is 4.74 Å². The molecule has 0 spiro atoms. The van der Waals surface area contributed by atoms with Crippen molar-refractivity contribution in [3.05, 3.63) is 64.2 Å². The van der Waals surface area contributed by atoms with Crippen molar-refractivity contribution in [2.75, 3.05) is 13.7 Å². The van der Waals surface area contributed by atoms with Crippen LogP contribution in [0, 0.1) is 16.0 Å². The molecule has 0 bridgehead atoms. The molecule has 172 valence electrons. The van der Waals surface area contributed by atoms with Crippen LogP contribution < -0.4 is 4.74 Å². The predicted octanol–water partition coefficient (Wildman–Crippen LogP) is 2.98. The number of carboxylic acid groups (broad SMARTS) is 1. The van der Waals surface area contributed by atoms with Gasteiger partial charge in [0.05, 0.1) is 23.5 Å². The van der Waals surface area contributed by atoms with E-state index in [9.17, 15) is 33.2 Å². The SMILES string of the molecule is COc1ccc(C(=O)CN([C@@H](CC(C)C)C(=O)O)S(=O)(=O)c2ccc([N+](=O)[O-])cc2)cc1. The maximum atomic E-state index is 13.3. The van der Waals surface area contributed by atoms with Gasteiger partial charge in [-0.05, 0) is 48.7 Å². The zero-order valence-electron chi connectivity index (χ0n) is 17.8. The average Bonchev–Trinajstić information content (AvgIpc) is 2.75. The fraction of sp³-hybridized carbons (Fsp3) is 0.333. The number of sulfonamides is 1. The number of carboxylic acids is 1. The second-order valence-electron chi connectivity index (χ2n) is 7.44. The fourth-order valence-corrected chi connectivity index (χ4v) is 4.59. The highest BCUT2D eigenvalue weighted by Gasteiger charge is 2.38. The highest BCUT2D eigenvalue weighted by atomic mass is 32.2. The zero-order chi connectivity index (χ0) is 24.1. The first-order chi connectivity index (χ1) is 15.0. The Morgan fingerprint density at radius 2 is 1.66 bits per heavy atom. The van der Waals surface area contributed by atoms with Gasteiger partial charge < -0.3 is 9.84 Å². The van der Waals surface area contributed by atoms with Gasteiger partial charge in [-0.3, -0.25) is 19.7 Å². The number of rotatable bonds is 11. The van der Waals surface area contributed by atoms with Crippen molar-refractivity contribution in [2.24, 2.45) is 5.92 Å². The minimum Gasteiger partial charge on any atom is -0.497 e. The van der Waals surface area contributed by atoms with E-state index in [1.807, 2.05) is 0 Å². The van der Waals surface area contributed by atoms with Crippen LogP contribution in [-0.2, 0) is 14.8 Å². The molecule has 0 saturated carbocycles. The average molecular weight is 464 g/mol. The van der Waals surface area contributed by atoms with Gasteiger partial charge in [-0.2, -0.15) is 4.31 Å². The van der Waals surface area contributed by atoms with Crippen molar-refractivity contribution >= 4 is 27.5 Å². The summed E-state index contributed by atoms with van der Waals surface area (Å²) in [4.78, 5) is 34.7. The monoisotopic (exact) mass is 464 g/mol. The van der Waals surface area contributed by atoms with Crippen molar-refractivity contribution in [2.45, 2.75) is 31.2 Å². The number of aliphatic carboxylic acids is 1. The molecular weight excluding hydrogens is 440 g/mol. The lowest BCUT2D eigenvalue weighted by molar-refractivity contribution is -0.384. The van der Waals surface area contributed by atoms with Gasteiger partial charge in [0.25, 0.3) is 5.69 Å². The van der Waals surface area contributed by atoms with Crippen LogP contribution in [0.3, 0.4) is 0 Å². The highest BCUT2D eigenvalue weighted by Crippen LogP contribution is 2.25. The van der Waals surface area contributed by atoms with E-state index in [1.165, 1.54) is 31.4 Å². The molecular formula is C21H24N2O8S. The van der Waals surface area contributed by atoms with Gasteiger partial charge in [0.2, 0.25) is 10.0 Å². The summed E-state index contributed by atoms with van der Waals surface area (Å²) >= 11 is 0. The van der Waals surface area contributed by atoms with Gasteiger partial charge >= 0.3 is 5.97 Å². The number of nitrogens with zero attached hydrogens (tertiary/aromatic N) is 2. The van der Waals surface area contributed by atoms with E-state index in [1.54, 1.807) is 13.8 Å². The normalized spacial score (nSPS) is 12.5. The van der Waals surface area contributed by atoms with Crippen molar-refractivity contribution in [3.8, 4) is 5.75 Å². The quantitative estimate of drug-likeness (QED) is 0.304. The Morgan fingerprint density at radius 1 is 1.09 bits per heavy atom. The van der Waals surface area contributed by atoms with Gasteiger partial charge in [-0.25, -0.2) is 8.42 Å². The first kappa shape index (κ1) is 25.0. The summed E-state index contributed by atoms with van der Waals surface area (Å²) in [5.74, 6) is -1.68. The molecule has 0 radical (unpaired) electrons. The predicted molar refractivity (Wildman–Crippen MR) is 115 cm³/mol. The van der Waals surface area contributed by atoms with E-state index >= 15 is 0 Å². The number of ketones is 1. The number of carbonyl (C=O) groups is 2. The molecule has 11 heteroatoms. The zero-order valence-corrected chi connectivity index (χ0v) is 18.6. The van der Waals surface area contributed by atoms with Crippen LogP contribution in [0.1, 0.15) is 30.6 Å². The van der Waals surface area contributed by atoms with Gasteiger partial charge in [-0.15, -0.1) is 0 Å². The van der Waals surface area contributed by atoms with Crippen molar-refractivity contribution < 1.29 is 32.8 Å². The Bertz CT molecular complexity index is 1080. The lowest BCUT2D eigenvalue weighted by Crippen LogP contribution is -2.48. The summed E-state index contributed by atoms with van der Waals surface area (Å²) in [6, 6.07) is 8.53.